The van der Waals surface area contributed by atoms with Crippen LogP contribution in [0, 0.1) is 0 Å². The first-order chi connectivity index (χ1) is 14.0. The number of aliphatic hydroxyl groups is 2. The zero-order chi connectivity index (χ0) is 23.9. The van der Waals surface area contributed by atoms with E-state index in [-0.39, 0.29) is 34.4 Å². The van der Waals surface area contributed by atoms with Gasteiger partial charge in [0.2, 0.25) is 5.79 Å². The summed E-state index contributed by atoms with van der Waals surface area (Å²) < 4.78 is 0. The lowest BCUT2D eigenvalue weighted by Crippen LogP contribution is -2.67. The van der Waals surface area contributed by atoms with Crippen molar-refractivity contribution in [1.29, 1.82) is 0 Å². The number of hydrogen-bond acceptors (Lipinski definition) is 6. The summed E-state index contributed by atoms with van der Waals surface area (Å²) in [5.41, 5.74) is -1.28. The van der Waals surface area contributed by atoms with Crippen molar-refractivity contribution in [2.75, 3.05) is 0 Å². The average Bonchev–Trinajstić information content (AvgIpc) is 2.53. The smallest absolute Gasteiger partial charge is 0.207 e. The molecule has 31 heavy (non-hydrogen) atoms. The number of aliphatic hydroxyl groups excluding tert-OH is 2. The Kier molecular flexibility index (Phi) is 8.00. The first-order valence-electron chi connectivity index (χ1n) is 12.4. The molecule has 0 aromatic rings. The van der Waals surface area contributed by atoms with E-state index >= 15 is 0 Å². The van der Waals surface area contributed by atoms with Gasteiger partial charge in [0.25, 0.3) is 0 Å². The van der Waals surface area contributed by atoms with E-state index in [4.69, 9.17) is 9.68 Å². The molecular formula is C25H50N2O4. The van der Waals surface area contributed by atoms with Crippen molar-refractivity contribution in [3.05, 3.63) is 0 Å². The fourth-order valence-corrected chi connectivity index (χ4v) is 6.33. The van der Waals surface area contributed by atoms with Gasteiger partial charge in [0.1, 0.15) is 0 Å². The fourth-order valence-electron chi connectivity index (χ4n) is 6.33. The maximum atomic E-state index is 10.5. The van der Waals surface area contributed by atoms with Crippen LogP contribution in [0.15, 0.2) is 0 Å². The van der Waals surface area contributed by atoms with Gasteiger partial charge in [-0.2, -0.15) is 10.1 Å². The predicted molar refractivity (Wildman–Crippen MR) is 125 cm³/mol. The van der Waals surface area contributed by atoms with E-state index in [1.807, 2.05) is 0 Å². The molecule has 2 aliphatic rings. The molecular weight excluding hydrogens is 392 g/mol. The molecule has 6 heteroatoms. The molecule has 2 N–H and O–H groups in total. The lowest BCUT2D eigenvalue weighted by Gasteiger charge is -2.58. The lowest BCUT2D eigenvalue weighted by atomic mass is 9.80. The highest BCUT2D eigenvalue weighted by Crippen LogP contribution is 2.46. The average molecular weight is 443 g/mol. The van der Waals surface area contributed by atoms with Gasteiger partial charge in [-0.1, -0.05) is 26.7 Å². The zero-order valence-corrected chi connectivity index (χ0v) is 21.9. The monoisotopic (exact) mass is 442 g/mol. The van der Waals surface area contributed by atoms with Crippen LogP contribution in [0.3, 0.4) is 0 Å². The highest BCUT2D eigenvalue weighted by Gasteiger charge is 2.53. The highest BCUT2D eigenvalue weighted by atomic mass is 16.9. The first-order valence-corrected chi connectivity index (χ1v) is 12.4. The summed E-state index contributed by atoms with van der Waals surface area (Å²) in [7, 11) is 0. The molecule has 0 aromatic heterocycles. The maximum absolute atomic E-state index is 10.5. The van der Waals surface area contributed by atoms with Gasteiger partial charge in [0.05, 0.1) is 12.2 Å². The first kappa shape index (κ1) is 27.0. The van der Waals surface area contributed by atoms with Crippen molar-refractivity contribution >= 4 is 0 Å². The molecule has 0 aromatic carbocycles. The van der Waals surface area contributed by atoms with Crippen molar-refractivity contribution in [2.24, 2.45) is 0 Å². The Morgan fingerprint density at radius 3 is 1.13 bits per heavy atom. The molecule has 0 amide bonds. The third kappa shape index (κ3) is 6.01. The van der Waals surface area contributed by atoms with Crippen molar-refractivity contribution in [3.63, 3.8) is 0 Å². The minimum Gasteiger partial charge on any atom is -0.393 e. The Balaban J connectivity index is 2.45. The van der Waals surface area contributed by atoms with Crippen LogP contribution >= 0.6 is 0 Å². The minimum absolute atomic E-state index is 0.319. The minimum atomic E-state index is -0.794. The quantitative estimate of drug-likeness (QED) is 0.505. The topological polar surface area (TPSA) is 65.4 Å². The molecule has 0 spiro atoms. The second-order valence-electron chi connectivity index (χ2n) is 12.6. The van der Waals surface area contributed by atoms with Gasteiger partial charge in [-0.05, 0) is 81.1 Å². The standard InChI is InChI=1S/C25H50N2O4/c1-11-13-25(14-12-2,30-26-21(3,4)15-19(28)16-22(26,5)6)31-27-23(7,8)17-20(29)18-24(27,9)10/h19-20,28-29H,11-18H2,1-10H3. The lowest BCUT2D eigenvalue weighted by molar-refractivity contribution is -0.475. The molecule has 0 saturated carbocycles. The number of nitrogens with zero attached hydrogens (tertiary/aromatic N) is 2. The van der Waals surface area contributed by atoms with Gasteiger partial charge in [0, 0.05) is 35.0 Å². The van der Waals surface area contributed by atoms with Gasteiger partial charge in [0.15, 0.2) is 0 Å². The second kappa shape index (κ2) is 9.19. The van der Waals surface area contributed by atoms with E-state index in [0.29, 0.717) is 25.7 Å². The van der Waals surface area contributed by atoms with E-state index in [2.05, 4.69) is 79.4 Å². The molecule has 2 fully saturated rings. The summed E-state index contributed by atoms with van der Waals surface area (Å²) >= 11 is 0. The molecule has 2 heterocycles. The Labute approximate surface area is 191 Å². The van der Waals surface area contributed by atoms with Crippen LogP contribution in [0.5, 0.6) is 0 Å². The molecule has 0 radical (unpaired) electrons. The van der Waals surface area contributed by atoms with Gasteiger partial charge in [-0.25, -0.2) is 0 Å². The summed E-state index contributed by atoms with van der Waals surface area (Å²) in [4.78, 5) is 13.9. The Morgan fingerprint density at radius 2 is 0.903 bits per heavy atom. The van der Waals surface area contributed by atoms with E-state index in [1.165, 1.54) is 0 Å². The van der Waals surface area contributed by atoms with E-state index in [9.17, 15) is 10.2 Å². The molecule has 2 rings (SSSR count). The van der Waals surface area contributed by atoms with Crippen LogP contribution in [-0.2, 0) is 9.68 Å². The van der Waals surface area contributed by atoms with Crippen LogP contribution in [0.2, 0.25) is 0 Å². The number of piperidine rings is 2. The summed E-state index contributed by atoms with van der Waals surface area (Å²) in [6.07, 6.45) is 5.42. The summed E-state index contributed by atoms with van der Waals surface area (Å²) in [6, 6.07) is 0. The SMILES string of the molecule is CCCC(CCC)(ON1C(C)(C)CC(O)CC1(C)C)ON1C(C)(C)CC(O)CC1(C)C. The molecule has 2 saturated heterocycles. The summed E-state index contributed by atoms with van der Waals surface area (Å²) in [6.45, 7) is 21.5. The van der Waals surface area contributed by atoms with Crippen LogP contribution in [0.25, 0.3) is 0 Å². The molecule has 0 bridgehead atoms. The number of rotatable bonds is 8. The van der Waals surface area contributed by atoms with Crippen molar-refractivity contribution in [3.8, 4) is 0 Å². The Hall–Kier alpha value is -0.240. The molecule has 0 aliphatic carbocycles. The van der Waals surface area contributed by atoms with Gasteiger partial charge >= 0.3 is 0 Å². The second-order valence-corrected chi connectivity index (χ2v) is 12.6. The molecule has 0 unspecified atom stereocenters. The van der Waals surface area contributed by atoms with Gasteiger partial charge < -0.3 is 10.2 Å². The largest absolute Gasteiger partial charge is 0.393 e. The van der Waals surface area contributed by atoms with Gasteiger partial charge in [-0.15, -0.1) is 0 Å². The number of hydroxylamine groups is 4. The maximum Gasteiger partial charge on any atom is 0.207 e. The van der Waals surface area contributed by atoms with Crippen molar-refractivity contribution in [1.82, 2.24) is 10.1 Å². The van der Waals surface area contributed by atoms with E-state index in [0.717, 1.165) is 25.7 Å². The highest BCUT2D eigenvalue weighted by molar-refractivity contribution is 4.99. The number of hydrogen-bond donors (Lipinski definition) is 2. The van der Waals surface area contributed by atoms with Crippen molar-refractivity contribution in [2.45, 2.75) is 161 Å². The van der Waals surface area contributed by atoms with Crippen LogP contribution in [0.1, 0.15) is 121 Å². The third-order valence-corrected chi connectivity index (χ3v) is 6.92. The molecule has 184 valence electrons. The normalized spacial score (nSPS) is 27.5. The third-order valence-electron chi connectivity index (χ3n) is 6.92. The molecule has 0 atom stereocenters. The van der Waals surface area contributed by atoms with Crippen molar-refractivity contribution < 1.29 is 19.9 Å². The van der Waals surface area contributed by atoms with Crippen LogP contribution < -0.4 is 0 Å². The fraction of sp³-hybridized carbons (Fsp3) is 1.00. The van der Waals surface area contributed by atoms with E-state index in [1.54, 1.807) is 0 Å². The Morgan fingerprint density at radius 1 is 0.645 bits per heavy atom. The zero-order valence-electron chi connectivity index (χ0n) is 21.9. The molecule has 2 aliphatic heterocycles. The van der Waals surface area contributed by atoms with E-state index < -0.39 is 5.79 Å². The predicted octanol–water partition coefficient (Wildman–Crippen LogP) is 5.17. The van der Waals surface area contributed by atoms with Crippen LogP contribution in [0.4, 0.5) is 0 Å². The van der Waals surface area contributed by atoms with Gasteiger partial charge in [-0.3, -0.25) is 9.68 Å². The summed E-state index contributed by atoms with van der Waals surface area (Å²) in [5.74, 6) is -0.794. The van der Waals surface area contributed by atoms with Crippen LogP contribution in [-0.4, -0.2) is 60.5 Å². The summed E-state index contributed by atoms with van der Waals surface area (Å²) in [5, 5.41) is 25.2. The Bertz CT molecular complexity index is 514. The molecule has 6 nitrogen and oxygen atoms in total.